The molecule has 0 atom stereocenters. The summed E-state index contributed by atoms with van der Waals surface area (Å²) in [6, 6.07) is 14.2. The van der Waals surface area contributed by atoms with Gasteiger partial charge in [0.05, 0.1) is 0 Å². The molecule has 0 fully saturated rings. The molecule has 0 saturated heterocycles. The first kappa shape index (κ1) is 13.9. The molecule has 2 N–H and O–H groups in total. The lowest BCUT2D eigenvalue weighted by Crippen LogP contribution is -2.01. The Labute approximate surface area is 118 Å². The summed E-state index contributed by atoms with van der Waals surface area (Å²) in [6.07, 6.45) is 1.57. The van der Waals surface area contributed by atoms with Crippen LogP contribution in [0.3, 0.4) is 0 Å². The van der Waals surface area contributed by atoms with Gasteiger partial charge in [0.25, 0.3) is 0 Å². The number of phenolic OH excluding ortho intramolecular Hbond substituents is 1. The van der Waals surface area contributed by atoms with E-state index in [0.29, 0.717) is 5.56 Å². The first-order chi connectivity index (χ1) is 9.54. The summed E-state index contributed by atoms with van der Waals surface area (Å²) < 4.78 is 0. The number of phenols is 1. The Morgan fingerprint density at radius 1 is 1.05 bits per heavy atom. The predicted molar refractivity (Wildman–Crippen MR) is 81.0 cm³/mol. The van der Waals surface area contributed by atoms with E-state index >= 15 is 0 Å². The van der Waals surface area contributed by atoms with Gasteiger partial charge in [0.15, 0.2) is 5.78 Å². The number of benzene rings is 2. The molecule has 0 spiro atoms. The summed E-state index contributed by atoms with van der Waals surface area (Å²) in [6.45, 7) is 3.82. The molecule has 0 heterocycles. The highest BCUT2D eigenvalue weighted by molar-refractivity contribution is 6.05. The summed E-state index contributed by atoms with van der Waals surface area (Å²) in [5.41, 5.74) is 3.38. The molecule has 0 aliphatic rings. The van der Waals surface area contributed by atoms with Gasteiger partial charge in [0.1, 0.15) is 5.75 Å². The summed E-state index contributed by atoms with van der Waals surface area (Å²) in [4.78, 5) is 12.1. The van der Waals surface area contributed by atoms with Crippen LogP contribution in [0.4, 0.5) is 5.69 Å². The molecule has 20 heavy (non-hydrogen) atoms. The Hall–Kier alpha value is -2.55. The van der Waals surface area contributed by atoms with Crippen molar-refractivity contribution >= 4 is 11.5 Å². The highest BCUT2D eigenvalue weighted by Crippen LogP contribution is 2.15. The number of hydrogen-bond acceptors (Lipinski definition) is 3. The number of aryl methyl sites for hydroxylation is 1. The van der Waals surface area contributed by atoms with Crippen LogP contribution in [0.25, 0.3) is 0 Å². The first-order valence-electron chi connectivity index (χ1n) is 6.40. The third-order valence-corrected chi connectivity index (χ3v) is 2.89. The number of aromatic hydroxyl groups is 1. The molecular formula is C17H17NO2. The number of anilines is 1. The van der Waals surface area contributed by atoms with Crippen molar-refractivity contribution in [1.82, 2.24) is 0 Å². The fourth-order valence-electron chi connectivity index (χ4n) is 1.81. The number of carbonyl (C=O) groups is 1. The molecule has 0 amide bonds. The van der Waals surface area contributed by atoms with Gasteiger partial charge in [-0.15, -0.1) is 0 Å². The van der Waals surface area contributed by atoms with Crippen LogP contribution in [0, 0.1) is 6.92 Å². The minimum atomic E-state index is -0.0335. The second kappa shape index (κ2) is 6.06. The molecule has 0 saturated carbocycles. The lowest BCUT2D eigenvalue weighted by Gasteiger charge is -2.06. The van der Waals surface area contributed by atoms with Gasteiger partial charge in [0, 0.05) is 23.0 Å². The first-order valence-corrected chi connectivity index (χ1v) is 6.40. The summed E-state index contributed by atoms with van der Waals surface area (Å²) in [5.74, 6) is 0.182. The van der Waals surface area contributed by atoms with Crippen molar-refractivity contribution in [3.8, 4) is 5.75 Å². The van der Waals surface area contributed by atoms with E-state index in [1.54, 1.807) is 30.3 Å². The minimum Gasteiger partial charge on any atom is -0.508 e. The Morgan fingerprint density at radius 2 is 1.65 bits per heavy atom. The largest absolute Gasteiger partial charge is 0.508 e. The van der Waals surface area contributed by atoms with E-state index in [4.69, 9.17) is 0 Å². The lowest BCUT2D eigenvalue weighted by atomic mass is 10.1. The lowest BCUT2D eigenvalue weighted by molar-refractivity contribution is 0.104. The van der Waals surface area contributed by atoms with Gasteiger partial charge in [-0.1, -0.05) is 29.8 Å². The zero-order valence-corrected chi connectivity index (χ0v) is 11.6. The maximum Gasteiger partial charge on any atom is 0.187 e. The molecule has 0 aliphatic heterocycles. The minimum absolute atomic E-state index is 0.0335. The molecule has 3 heteroatoms. The summed E-state index contributed by atoms with van der Waals surface area (Å²) in [5, 5.41) is 12.3. The maximum absolute atomic E-state index is 12.1. The van der Waals surface area contributed by atoms with Crippen molar-refractivity contribution in [3.05, 3.63) is 71.4 Å². The fraction of sp³-hybridized carbons (Fsp3) is 0.118. The van der Waals surface area contributed by atoms with Crippen LogP contribution in [-0.4, -0.2) is 10.9 Å². The van der Waals surface area contributed by atoms with Crippen LogP contribution in [0.2, 0.25) is 0 Å². The highest BCUT2D eigenvalue weighted by atomic mass is 16.3. The van der Waals surface area contributed by atoms with Gasteiger partial charge < -0.3 is 10.4 Å². The Balaban J connectivity index is 2.07. The number of hydrogen-bond donors (Lipinski definition) is 2. The molecule has 0 aliphatic carbocycles. The molecule has 102 valence electrons. The molecule has 2 aromatic carbocycles. The quantitative estimate of drug-likeness (QED) is 0.502. The molecule has 0 aromatic heterocycles. The highest BCUT2D eigenvalue weighted by Gasteiger charge is 2.03. The van der Waals surface area contributed by atoms with Gasteiger partial charge >= 0.3 is 0 Å². The average Bonchev–Trinajstić information content (AvgIpc) is 2.42. The number of ketones is 1. The molecule has 0 unspecified atom stereocenters. The van der Waals surface area contributed by atoms with Gasteiger partial charge in [-0.3, -0.25) is 4.79 Å². The third kappa shape index (κ3) is 3.72. The average molecular weight is 267 g/mol. The number of carbonyl (C=O) groups excluding carboxylic acids is 1. The Bertz CT molecular complexity index is 625. The normalized spacial score (nSPS) is 11.2. The van der Waals surface area contributed by atoms with Crippen LogP contribution in [0.1, 0.15) is 22.8 Å². The number of allylic oxidation sites excluding steroid dienone is 2. The van der Waals surface area contributed by atoms with Crippen molar-refractivity contribution in [2.75, 3.05) is 5.32 Å². The Morgan fingerprint density at radius 3 is 2.25 bits per heavy atom. The molecule has 3 nitrogen and oxygen atoms in total. The maximum atomic E-state index is 12.1. The molecule has 2 rings (SSSR count). The van der Waals surface area contributed by atoms with Gasteiger partial charge in [0.2, 0.25) is 0 Å². The summed E-state index contributed by atoms with van der Waals surface area (Å²) >= 11 is 0. The topological polar surface area (TPSA) is 49.3 Å². The molecule has 2 aromatic rings. The standard InChI is InChI=1S/C17H17NO2/c1-12-3-5-14(6-4-12)17(20)11-13(2)18-15-7-9-16(19)10-8-15/h3-11,18-19H,1-2H3/b13-11+. The van der Waals surface area contributed by atoms with Crippen LogP contribution in [0.5, 0.6) is 5.75 Å². The predicted octanol–water partition coefficient (Wildman–Crippen LogP) is 3.90. The van der Waals surface area contributed by atoms with Crippen LogP contribution < -0.4 is 5.32 Å². The third-order valence-electron chi connectivity index (χ3n) is 2.89. The number of rotatable bonds is 4. The van der Waals surface area contributed by atoms with Crippen molar-refractivity contribution in [3.63, 3.8) is 0 Å². The van der Waals surface area contributed by atoms with E-state index in [1.807, 2.05) is 38.1 Å². The smallest absolute Gasteiger partial charge is 0.187 e. The van der Waals surface area contributed by atoms with E-state index in [1.165, 1.54) is 0 Å². The zero-order valence-electron chi connectivity index (χ0n) is 11.6. The fourth-order valence-corrected chi connectivity index (χ4v) is 1.81. The second-order valence-corrected chi connectivity index (χ2v) is 4.73. The Kier molecular flexibility index (Phi) is 4.20. The SMILES string of the molecule is C/C(=C\C(=O)c1ccc(C)cc1)Nc1ccc(O)cc1. The van der Waals surface area contributed by atoms with E-state index < -0.39 is 0 Å². The molecular weight excluding hydrogens is 250 g/mol. The van der Waals surface area contributed by atoms with Gasteiger partial charge in [-0.2, -0.15) is 0 Å². The van der Waals surface area contributed by atoms with Crippen LogP contribution >= 0.6 is 0 Å². The van der Waals surface area contributed by atoms with Crippen molar-refractivity contribution in [1.29, 1.82) is 0 Å². The zero-order chi connectivity index (χ0) is 14.5. The van der Waals surface area contributed by atoms with E-state index in [0.717, 1.165) is 16.9 Å². The van der Waals surface area contributed by atoms with Gasteiger partial charge in [-0.25, -0.2) is 0 Å². The van der Waals surface area contributed by atoms with E-state index in [2.05, 4.69) is 5.32 Å². The second-order valence-electron chi connectivity index (χ2n) is 4.73. The summed E-state index contributed by atoms with van der Waals surface area (Å²) in [7, 11) is 0. The van der Waals surface area contributed by atoms with E-state index in [9.17, 15) is 9.90 Å². The van der Waals surface area contributed by atoms with Crippen LogP contribution in [0.15, 0.2) is 60.3 Å². The van der Waals surface area contributed by atoms with Crippen molar-refractivity contribution < 1.29 is 9.90 Å². The number of nitrogens with one attached hydrogen (secondary N) is 1. The van der Waals surface area contributed by atoms with Crippen molar-refractivity contribution in [2.24, 2.45) is 0 Å². The monoisotopic (exact) mass is 267 g/mol. The van der Waals surface area contributed by atoms with Gasteiger partial charge in [-0.05, 0) is 38.1 Å². The molecule has 0 radical (unpaired) electrons. The van der Waals surface area contributed by atoms with Crippen LogP contribution in [-0.2, 0) is 0 Å². The molecule has 0 bridgehead atoms. The van der Waals surface area contributed by atoms with E-state index in [-0.39, 0.29) is 11.5 Å². The van der Waals surface area contributed by atoms with Crippen molar-refractivity contribution in [2.45, 2.75) is 13.8 Å².